The zero-order valence-electron chi connectivity index (χ0n) is 9.54. The third-order valence-electron chi connectivity index (χ3n) is 3.37. The van der Waals surface area contributed by atoms with E-state index in [0.29, 0.717) is 5.92 Å². The lowest BCUT2D eigenvalue weighted by molar-refractivity contribution is -0.129. The van der Waals surface area contributed by atoms with Gasteiger partial charge in [-0.1, -0.05) is 30.8 Å². The summed E-state index contributed by atoms with van der Waals surface area (Å²) in [7, 11) is 0. The SMILES string of the molecule is C=CC(=O)N1N=Cc2ccccc2C1C1CC1. The van der Waals surface area contributed by atoms with E-state index in [1.54, 1.807) is 11.2 Å². The fraction of sp³-hybridized carbons (Fsp3) is 0.286. The van der Waals surface area contributed by atoms with Crippen molar-refractivity contribution in [3.8, 4) is 0 Å². The number of rotatable bonds is 2. The topological polar surface area (TPSA) is 32.7 Å². The normalized spacial score (nSPS) is 22.1. The molecule has 1 saturated carbocycles. The molecule has 1 aliphatic carbocycles. The Bertz CT molecular complexity index is 503. The van der Waals surface area contributed by atoms with Crippen LogP contribution in [0.4, 0.5) is 0 Å². The van der Waals surface area contributed by atoms with Gasteiger partial charge in [0.05, 0.1) is 12.3 Å². The molecule has 0 bridgehead atoms. The number of amides is 1. The molecule has 1 amide bonds. The Morgan fingerprint density at radius 3 is 2.88 bits per heavy atom. The minimum Gasteiger partial charge on any atom is -0.268 e. The second-order valence-corrected chi connectivity index (χ2v) is 4.54. The molecule has 0 saturated heterocycles. The highest BCUT2D eigenvalue weighted by Crippen LogP contribution is 2.46. The van der Waals surface area contributed by atoms with Crippen LogP contribution in [0.25, 0.3) is 0 Å². The Morgan fingerprint density at radius 1 is 1.41 bits per heavy atom. The molecule has 2 aliphatic rings. The first-order valence-corrected chi connectivity index (χ1v) is 5.90. The lowest BCUT2D eigenvalue weighted by Crippen LogP contribution is -2.33. The Balaban J connectivity index is 2.05. The summed E-state index contributed by atoms with van der Waals surface area (Å²) >= 11 is 0. The zero-order valence-corrected chi connectivity index (χ0v) is 9.54. The predicted octanol–water partition coefficient (Wildman–Crippen LogP) is 2.50. The minimum absolute atomic E-state index is 0.0988. The minimum atomic E-state index is -0.118. The Kier molecular flexibility index (Phi) is 2.32. The van der Waals surface area contributed by atoms with Crippen LogP contribution < -0.4 is 0 Å². The van der Waals surface area contributed by atoms with Crippen LogP contribution in [0.2, 0.25) is 0 Å². The molecule has 0 radical (unpaired) electrons. The van der Waals surface area contributed by atoms with Crippen LogP contribution in [-0.2, 0) is 4.79 Å². The van der Waals surface area contributed by atoms with E-state index in [-0.39, 0.29) is 11.9 Å². The highest BCUT2D eigenvalue weighted by molar-refractivity contribution is 5.91. The van der Waals surface area contributed by atoms with E-state index in [1.165, 1.54) is 24.5 Å². The quantitative estimate of drug-likeness (QED) is 0.713. The van der Waals surface area contributed by atoms with Gasteiger partial charge in [0.1, 0.15) is 0 Å². The van der Waals surface area contributed by atoms with Crippen LogP contribution in [0.15, 0.2) is 42.0 Å². The van der Waals surface area contributed by atoms with Crippen molar-refractivity contribution in [2.45, 2.75) is 18.9 Å². The highest BCUT2D eigenvalue weighted by atomic mass is 16.2. The van der Waals surface area contributed by atoms with Gasteiger partial charge in [-0.05, 0) is 36.0 Å². The summed E-state index contributed by atoms with van der Waals surface area (Å²) in [5.41, 5.74) is 2.33. The van der Waals surface area contributed by atoms with Gasteiger partial charge >= 0.3 is 0 Å². The number of hydrazone groups is 1. The molecule has 1 aliphatic heterocycles. The number of nitrogens with zero attached hydrogens (tertiary/aromatic N) is 2. The smallest absolute Gasteiger partial charge is 0.266 e. The molecule has 17 heavy (non-hydrogen) atoms. The molecular weight excluding hydrogens is 212 g/mol. The van der Waals surface area contributed by atoms with Crippen molar-refractivity contribution in [2.24, 2.45) is 11.0 Å². The van der Waals surface area contributed by atoms with E-state index >= 15 is 0 Å². The summed E-state index contributed by atoms with van der Waals surface area (Å²) in [6.45, 7) is 3.54. The van der Waals surface area contributed by atoms with Gasteiger partial charge < -0.3 is 0 Å². The van der Waals surface area contributed by atoms with Crippen LogP contribution in [-0.4, -0.2) is 17.1 Å². The maximum atomic E-state index is 11.8. The Hall–Kier alpha value is -1.90. The van der Waals surface area contributed by atoms with Crippen LogP contribution in [0.1, 0.15) is 30.0 Å². The monoisotopic (exact) mass is 226 g/mol. The average molecular weight is 226 g/mol. The van der Waals surface area contributed by atoms with Crippen LogP contribution in [0, 0.1) is 5.92 Å². The molecule has 86 valence electrons. The van der Waals surface area contributed by atoms with Crippen LogP contribution in [0.5, 0.6) is 0 Å². The summed E-state index contributed by atoms with van der Waals surface area (Å²) in [4.78, 5) is 11.8. The van der Waals surface area contributed by atoms with Gasteiger partial charge in [0.25, 0.3) is 5.91 Å². The molecular formula is C14H14N2O. The standard InChI is InChI=1S/C14H14N2O/c1-2-13(17)16-14(10-7-8-10)12-6-4-3-5-11(12)9-15-16/h2-6,9-10,14H,1,7-8H2. The van der Waals surface area contributed by atoms with Crippen molar-refractivity contribution in [1.82, 2.24) is 5.01 Å². The summed E-state index contributed by atoms with van der Waals surface area (Å²) in [5, 5.41) is 5.85. The first-order valence-electron chi connectivity index (χ1n) is 5.90. The maximum Gasteiger partial charge on any atom is 0.266 e. The molecule has 1 aromatic carbocycles. The van der Waals surface area contributed by atoms with E-state index in [4.69, 9.17) is 0 Å². The summed E-state index contributed by atoms with van der Waals surface area (Å²) in [6.07, 6.45) is 5.45. The summed E-state index contributed by atoms with van der Waals surface area (Å²) in [6, 6.07) is 8.25. The van der Waals surface area contributed by atoms with Crippen LogP contribution >= 0.6 is 0 Å². The van der Waals surface area contributed by atoms with E-state index in [2.05, 4.69) is 17.7 Å². The molecule has 0 N–H and O–H groups in total. The van der Waals surface area contributed by atoms with Crippen molar-refractivity contribution in [1.29, 1.82) is 0 Å². The van der Waals surface area contributed by atoms with Gasteiger partial charge in [0.15, 0.2) is 0 Å². The van der Waals surface area contributed by atoms with E-state index < -0.39 is 0 Å². The van der Waals surface area contributed by atoms with Gasteiger partial charge in [-0.2, -0.15) is 5.10 Å². The van der Waals surface area contributed by atoms with Crippen molar-refractivity contribution < 1.29 is 4.79 Å². The predicted molar refractivity (Wildman–Crippen MR) is 66.5 cm³/mol. The van der Waals surface area contributed by atoms with Crippen molar-refractivity contribution in [3.05, 3.63) is 48.0 Å². The first kappa shape index (κ1) is 10.3. The Labute approximate surface area is 100 Å². The molecule has 3 nitrogen and oxygen atoms in total. The van der Waals surface area contributed by atoms with Gasteiger partial charge in [-0.3, -0.25) is 4.79 Å². The maximum absolute atomic E-state index is 11.8. The largest absolute Gasteiger partial charge is 0.268 e. The number of carbonyl (C=O) groups excluding carboxylic acids is 1. The summed E-state index contributed by atoms with van der Waals surface area (Å²) in [5.74, 6) is 0.435. The molecule has 0 aromatic heterocycles. The van der Waals surface area contributed by atoms with Crippen molar-refractivity contribution in [2.75, 3.05) is 0 Å². The first-order chi connectivity index (χ1) is 8.31. The highest BCUT2D eigenvalue weighted by Gasteiger charge is 2.40. The Morgan fingerprint density at radius 2 is 2.18 bits per heavy atom. The van der Waals surface area contributed by atoms with Gasteiger partial charge in [-0.25, -0.2) is 5.01 Å². The number of benzene rings is 1. The third-order valence-corrected chi connectivity index (χ3v) is 3.37. The number of hydrogen-bond donors (Lipinski definition) is 0. The van der Waals surface area contributed by atoms with Gasteiger partial charge in [0, 0.05) is 0 Å². The lowest BCUT2D eigenvalue weighted by Gasteiger charge is -2.31. The van der Waals surface area contributed by atoms with E-state index in [0.717, 1.165) is 5.56 Å². The van der Waals surface area contributed by atoms with Gasteiger partial charge in [0.2, 0.25) is 0 Å². The molecule has 3 heteroatoms. The molecule has 0 spiro atoms. The molecule has 1 unspecified atom stereocenters. The molecule has 1 fully saturated rings. The van der Waals surface area contributed by atoms with E-state index in [1.807, 2.05) is 18.2 Å². The number of fused-ring (bicyclic) bond motifs is 1. The third kappa shape index (κ3) is 1.68. The van der Waals surface area contributed by atoms with Crippen molar-refractivity contribution in [3.63, 3.8) is 0 Å². The average Bonchev–Trinajstić information content (AvgIpc) is 3.20. The zero-order chi connectivity index (χ0) is 11.8. The molecule has 1 heterocycles. The van der Waals surface area contributed by atoms with Gasteiger partial charge in [-0.15, -0.1) is 0 Å². The second kappa shape index (κ2) is 3.84. The molecule has 3 rings (SSSR count). The fourth-order valence-corrected chi connectivity index (χ4v) is 2.38. The molecule has 1 atom stereocenters. The number of hydrogen-bond acceptors (Lipinski definition) is 2. The molecule has 1 aromatic rings. The van der Waals surface area contributed by atoms with E-state index in [9.17, 15) is 4.79 Å². The van der Waals surface area contributed by atoms with Crippen LogP contribution in [0.3, 0.4) is 0 Å². The lowest BCUT2D eigenvalue weighted by atomic mass is 9.95. The van der Waals surface area contributed by atoms with Crippen molar-refractivity contribution >= 4 is 12.1 Å². The second-order valence-electron chi connectivity index (χ2n) is 4.54. The number of carbonyl (C=O) groups is 1. The fourth-order valence-electron chi connectivity index (χ4n) is 2.38. The summed E-state index contributed by atoms with van der Waals surface area (Å²) < 4.78 is 0.